The molecule has 0 fully saturated rings. The molecule has 0 spiro atoms. The molecule has 0 unspecified atom stereocenters. The lowest BCUT2D eigenvalue weighted by Crippen LogP contribution is -2.01. The molecule has 5 heteroatoms. The smallest absolute Gasteiger partial charge is 0.201 e. The Labute approximate surface area is 113 Å². The van der Waals surface area contributed by atoms with Gasteiger partial charge in [0.25, 0.3) is 0 Å². The van der Waals surface area contributed by atoms with Gasteiger partial charge in [0.1, 0.15) is 0 Å². The van der Waals surface area contributed by atoms with Crippen LogP contribution in [0.1, 0.15) is 13.3 Å². The highest BCUT2D eigenvalue weighted by atomic mass is 19.2. The van der Waals surface area contributed by atoms with Crippen molar-refractivity contribution in [2.45, 2.75) is 13.3 Å². The fraction of sp³-hybridized carbons (Fsp3) is 0.200. The van der Waals surface area contributed by atoms with E-state index < -0.39 is 23.3 Å². The van der Waals surface area contributed by atoms with Crippen molar-refractivity contribution in [2.75, 3.05) is 6.61 Å². The van der Waals surface area contributed by atoms with Crippen LogP contribution in [0.25, 0.3) is 11.1 Å². The molecule has 0 aliphatic rings. The molecule has 2 aromatic rings. The second kappa shape index (κ2) is 5.94. The summed E-state index contributed by atoms with van der Waals surface area (Å²) in [6, 6.07) is 5.69. The molecule has 0 aliphatic carbocycles. The van der Waals surface area contributed by atoms with Crippen LogP contribution in [0.3, 0.4) is 0 Å². The highest BCUT2D eigenvalue weighted by molar-refractivity contribution is 5.66. The number of hydrogen-bond donors (Lipinski definition) is 0. The van der Waals surface area contributed by atoms with E-state index in [1.807, 2.05) is 6.92 Å². The lowest BCUT2D eigenvalue weighted by Gasteiger charge is -2.10. The second-order valence-electron chi connectivity index (χ2n) is 4.19. The van der Waals surface area contributed by atoms with E-state index in [9.17, 15) is 17.6 Å². The molecule has 0 atom stereocenters. The predicted molar refractivity (Wildman–Crippen MR) is 67.5 cm³/mol. The lowest BCUT2D eigenvalue weighted by atomic mass is 10.0. The molecule has 0 amide bonds. The van der Waals surface area contributed by atoms with E-state index in [0.29, 0.717) is 6.42 Å². The molecule has 0 saturated heterocycles. The summed E-state index contributed by atoms with van der Waals surface area (Å²) in [5.41, 5.74) is -0.674. The van der Waals surface area contributed by atoms with Gasteiger partial charge in [-0.05, 0) is 24.6 Å². The number of halogens is 4. The van der Waals surface area contributed by atoms with Crippen LogP contribution < -0.4 is 4.74 Å². The number of benzene rings is 2. The zero-order chi connectivity index (χ0) is 14.7. The minimum absolute atomic E-state index is 0.240. The minimum Gasteiger partial charge on any atom is -0.490 e. The summed E-state index contributed by atoms with van der Waals surface area (Å²) in [4.78, 5) is 0. The third-order valence-electron chi connectivity index (χ3n) is 2.75. The summed E-state index contributed by atoms with van der Waals surface area (Å²) in [5, 5.41) is 0. The maximum atomic E-state index is 13.9. The standard InChI is InChI=1S/C15H12F4O/c1-2-8-20-12-7-6-10(14(18)15(12)19)9-4-3-5-11(16)13(9)17/h3-7H,2,8H2,1H3. The summed E-state index contributed by atoms with van der Waals surface area (Å²) < 4.78 is 59.5. The maximum absolute atomic E-state index is 13.9. The van der Waals surface area contributed by atoms with Crippen LogP contribution in [-0.4, -0.2) is 6.61 Å². The molecule has 2 rings (SSSR count). The van der Waals surface area contributed by atoms with Crippen molar-refractivity contribution in [3.8, 4) is 16.9 Å². The molecule has 0 N–H and O–H groups in total. The molecule has 2 aromatic carbocycles. The molecular formula is C15H12F4O. The van der Waals surface area contributed by atoms with Gasteiger partial charge >= 0.3 is 0 Å². The van der Waals surface area contributed by atoms with E-state index in [2.05, 4.69) is 0 Å². The predicted octanol–water partition coefficient (Wildman–Crippen LogP) is 4.70. The molecule has 0 aliphatic heterocycles. The lowest BCUT2D eigenvalue weighted by molar-refractivity contribution is 0.295. The number of hydrogen-bond acceptors (Lipinski definition) is 1. The molecule has 0 bridgehead atoms. The van der Waals surface area contributed by atoms with E-state index in [1.54, 1.807) is 0 Å². The number of ether oxygens (including phenoxy) is 1. The van der Waals surface area contributed by atoms with Gasteiger partial charge in [0.15, 0.2) is 23.2 Å². The second-order valence-corrected chi connectivity index (χ2v) is 4.19. The van der Waals surface area contributed by atoms with Crippen molar-refractivity contribution in [1.29, 1.82) is 0 Å². The molecule has 106 valence electrons. The summed E-state index contributed by atoms with van der Waals surface area (Å²) >= 11 is 0. The van der Waals surface area contributed by atoms with Crippen LogP contribution in [0.4, 0.5) is 17.6 Å². The first-order chi connectivity index (χ1) is 9.56. The Morgan fingerprint density at radius 3 is 2.25 bits per heavy atom. The van der Waals surface area contributed by atoms with Gasteiger partial charge < -0.3 is 4.74 Å². The van der Waals surface area contributed by atoms with E-state index in [4.69, 9.17) is 4.74 Å². The van der Waals surface area contributed by atoms with Crippen LogP contribution in [0.5, 0.6) is 5.75 Å². The summed E-state index contributed by atoms with van der Waals surface area (Å²) in [7, 11) is 0. The fourth-order valence-electron chi connectivity index (χ4n) is 1.78. The zero-order valence-corrected chi connectivity index (χ0v) is 10.7. The highest BCUT2D eigenvalue weighted by Crippen LogP contribution is 2.32. The van der Waals surface area contributed by atoms with Crippen molar-refractivity contribution in [1.82, 2.24) is 0 Å². The van der Waals surface area contributed by atoms with Crippen LogP contribution in [0.15, 0.2) is 30.3 Å². The van der Waals surface area contributed by atoms with E-state index >= 15 is 0 Å². The van der Waals surface area contributed by atoms with Crippen molar-refractivity contribution >= 4 is 0 Å². The first kappa shape index (κ1) is 14.4. The Morgan fingerprint density at radius 2 is 1.55 bits per heavy atom. The normalized spacial score (nSPS) is 10.7. The van der Waals surface area contributed by atoms with E-state index in [1.165, 1.54) is 24.3 Å². The van der Waals surface area contributed by atoms with Crippen molar-refractivity contribution in [3.05, 3.63) is 53.6 Å². The Morgan fingerprint density at radius 1 is 0.850 bits per heavy atom. The highest BCUT2D eigenvalue weighted by Gasteiger charge is 2.19. The minimum atomic E-state index is -1.26. The Balaban J connectivity index is 2.48. The van der Waals surface area contributed by atoms with E-state index in [-0.39, 0.29) is 23.5 Å². The average Bonchev–Trinajstić information content (AvgIpc) is 2.44. The van der Waals surface area contributed by atoms with Crippen molar-refractivity contribution < 1.29 is 22.3 Å². The van der Waals surface area contributed by atoms with Gasteiger partial charge in [-0.1, -0.05) is 19.1 Å². The molecule has 0 saturated carbocycles. The summed E-state index contributed by atoms with van der Waals surface area (Å²) in [5.74, 6) is -5.05. The SMILES string of the molecule is CCCOc1ccc(-c2cccc(F)c2F)c(F)c1F. The quantitative estimate of drug-likeness (QED) is 0.739. The fourth-order valence-corrected chi connectivity index (χ4v) is 1.78. The number of rotatable bonds is 4. The largest absolute Gasteiger partial charge is 0.490 e. The summed E-state index contributed by atoms with van der Waals surface area (Å²) in [6.45, 7) is 2.06. The van der Waals surface area contributed by atoms with Gasteiger partial charge in [-0.2, -0.15) is 4.39 Å². The molecule has 20 heavy (non-hydrogen) atoms. The third kappa shape index (κ3) is 2.61. The average molecular weight is 284 g/mol. The summed E-state index contributed by atoms with van der Waals surface area (Å²) in [6.07, 6.45) is 0.640. The van der Waals surface area contributed by atoms with Crippen molar-refractivity contribution in [2.24, 2.45) is 0 Å². The van der Waals surface area contributed by atoms with Gasteiger partial charge in [0, 0.05) is 11.1 Å². The van der Waals surface area contributed by atoms with Crippen LogP contribution >= 0.6 is 0 Å². The van der Waals surface area contributed by atoms with Gasteiger partial charge in [-0.3, -0.25) is 0 Å². The van der Waals surface area contributed by atoms with Crippen LogP contribution in [0, 0.1) is 23.3 Å². The van der Waals surface area contributed by atoms with Crippen LogP contribution in [-0.2, 0) is 0 Å². The topological polar surface area (TPSA) is 9.23 Å². The maximum Gasteiger partial charge on any atom is 0.201 e. The molecule has 0 radical (unpaired) electrons. The first-order valence-corrected chi connectivity index (χ1v) is 6.11. The van der Waals surface area contributed by atoms with Crippen LogP contribution in [0.2, 0.25) is 0 Å². The Kier molecular flexibility index (Phi) is 4.27. The molecule has 0 heterocycles. The van der Waals surface area contributed by atoms with Gasteiger partial charge in [0.05, 0.1) is 6.61 Å². The zero-order valence-electron chi connectivity index (χ0n) is 10.7. The van der Waals surface area contributed by atoms with Crippen molar-refractivity contribution in [3.63, 3.8) is 0 Å². The van der Waals surface area contributed by atoms with Gasteiger partial charge in [0.2, 0.25) is 5.82 Å². The Bertz CT molecular complexity index is 626. The first-order valence-electron chi connectivity index (χ1n) is 6.11. The third-order valence-corrected chi connectivity index (χ3v) is 2.75. The van der Waals surface area contributed by atoms with Gasteiger partial charge in [-0.25, -0.2) is 13.2 Å². The monoisotopic (exact) mass is 284 g/mol. The molecule has 1 nitrogen and oxygen atoms in total. The van der Waals surface area contributed by atoms with Gasteiger partial charge in [-0.15, -0.1) is 0 Å². The van der Waals surface area contributed by atoms with E-state index in [0.717, 1.165) is 6.07 Å². The molecular weight excluding hydrogens is 272 g/mol. The molecule has 0 aromatic heterocycles. The Hall–Kier alpha value is -2.04.